The largest absolute Gasteiger partial charge is 0.479 e. The molecule has 0 fully saturated rings. The molecule has 28 heavy (non-hydrogen) atoms. The third kappa shape index (κ3) is 5.37. The molecule has 1 heterocycles. The van der Waals surface area contributed by atoms with Crippen LogP contribution in [0.4, 0.5) is 5.69 Å². The molecule has 1 aliphatic rings. The fourth-order valence-electron chi connectivity index (χ4n) is 2.84. The Kier molecular flexibility index (Phi) is 7.27. The number of carbonyl (C=O) groups excluding carboxylic acids is 2. The molecular weight excluding hydrogens is 374 g/mol. The van der Waals surface area contributed by atoms with Crippen LogP contribution in [-0.4, -0.2) is 53.4 Å². The second kappa shape index (κ2) is 9.26. The van der Waals surface area contributed by atoms with Crippen molar-refractivity contribution in [2.75, 3.05) is 32.3 Å². The van der Waals surface area contributed by atoms with Gasteiger partial charge < -0.3 is 19.1 Å². The lowest BCUT2D eigenvalue weighted by Gasteiger charge is -2.33. The summed E-state index contributed by atoms with van der Waals surface area (Å²) in [5, 5.41) is 0. The van der Waals surface area contributed by atoms with Crippen molar-refractivity contribution in [3.8, 4) is 17.2 Å². The minimum Gasteiger partial charge on any atom is -0.479 e. The van der Waals surface area contributed by atoms with Gasteiger partial charge in [0.05, 0.1) is 18.4 Å². The monoisotopic (exact) mass is 403 g/mol. The number of fused-ring (bicyclic) bond motifs is 1. The van der Waals surface area contributed by atoms with Crippen LogP contribution in [0.5, 0.6) is 5.75 Å². The minimum atomic E-state index is -1.64. The molecule has 2 rings (SSSR count). The smallest absolute Gasteiger partial charge is 0.339 e. The summed E-state index contributed by atoms with van der Waals surface area (Å²) in [5.41, 5.74) is 4.77. The highest BCUT2D eigenvalue weighted by atomic mass is 28.3. The fraction of sp³-hybridized carbons (Fsp3) is 0.524. The molecule has 0 N–H and O–H groups in total. The summed E-state index contributed by atoms with van der Waals surface area (Å²) < 4.78 is 15.8. The van der Waals surface area contributed by atoms with Gasteiger partial charge in [-0.05, 0) is 31.9 Å². The van der Waals surface area contributed by atoms with E-state index in [1.165, 1.54) is 7.11 Å². The number of amides is 1. The van der Waals surface area contributed by atoms with E-state index in [0.29, 0.717) is 35.7 Å². The van der Waals surface area contributed by atoms with E-state index < -0.39 is 20.1 Å². The second-order valence-corrected chi connectivity index (χ2v) is 12.6. The summed E-state index contributed by atoms with van der Waals surface area (Å²) in [7, 11) is 1.36. The maximum absolute atomic E-state index is 12.7. The number of unbranched alkanes of at least 4 members (excludes halogenated alkanes) is 1. The van der Waals surface area contributed by atoms with Crippen LogP contribution in [0.3, 0.4) is 0 Å². The summed E-state index contributed by atoms with van der Waals surface area (Å²) in [6, 6.07) is 3.41. The fourth-order valence-corrected chi connectivity index (χ4v) is 3.35. The van der Waals surface area contributed by atoms with E-state index in [9.17, 15) is 9.59 Å². The van der Waals surface area contributed by atoms with E-state index in [4.69, 9.17) is 14.2 Å². The zero-order chi connectivity index (χ0) is 20.9. The predicted octanol–water partition coefficient (Wildman–Crippen LogP) is 3.24. The number of rotatable bonds is 6. The van der Waals surface area contributed by atoms with E-state index in [1.807, 2.05) is 0 Å². The zero-order valence-corrected chi connectivity index (χ0v) is 18.5. The van der Waals surface area contributed by atoms with Crippen LogP contribution in [0.1, 0.15) is 35.7 Å². The standard InChI is InChI=1S/C21H29NO5Si/c1-15-20(23)22(10-7-8-11-25-2)18-14-17(21(24)26-3)16(13-19(18)27-15)9-12-28(4,5)6/h13-15H,7-8,10-11H2,1-6H3/t15-/m1/s1. The summed E-state index contributed by atoms with van der Waals surface area (Å²) in [6.45, 7) is 9.30. The van der Waals surface area contributed by atoms with Gasteiger partial charge in [-0.3, -0.25) is 4.79 Å². The quantitative estimate of drug-likeness (QED) is 0.316. The number of nitrogens with zero attached hydrogens (tertiary/aromatic N) is 1. The molecule has 1 aromatic rings. The molecule has 7 heteroatoms. The van der Waals surface area contributed by atoms with Crippen LogP contribution in [0.25, 0.3) is 0 Å². The van der Waals surface area contributed by atoms with Gasteiger partial charge in [0.25, 0.3) is 5.91 Å². The topological polar surface area (TPSA) is 65.1 Å². The first-order valence-corrected chi connectivity index (χ1v) is 12.9. The average molecular weight is 404 g/mol. The van der Waals surface area contributed by atoms with Gasteiger partial charge in [-0.2, -0.15) is 0 Å². The van der Waals surface area contributed by atoms with Crippen LogP contribution in [-0.2, 0) is 14.3 Å². The number of hydrogen-bond acceptors (Lipinski definition) is 5. The molecule has 1 atom stereocenters. The third-order valence-electron chi connectivity index (χ3n) is 4.27. The lowest BCUT2D eigenvalue weighted by atomic mass is 10.0. The van der Waals surface area contributed by atoms with Crippen molar-refractivity contribution >= 4 is 25.6 Å². The molecule has 0 radical (unpaired) electrons. The van der Waals surface area contributed by atoms with Crippen molar-refractivity contribution in [1.82, 2.24) is 0 Å². The molecular formula is C21H29NO5Si. The first-order chi connectivity index (χ1) is 13.2. The molecule has 0 saturated carbocycles. The Morgan fingerprint density at radius 2 is 1.96 bits per heavy atom. The van der Waals surface area contributed by atoms with E-state index in [0.717, 1.165) is 12.8 Å². The van der Waals surface area contributed by atoms with E-state index in [1.54, 1.807) is 31.1 Å². The highest BCUT2D eigenvalue weighted by Crippen LogP contribution is 2.37. The van der Waals surface area contributed by atoms with Gasteiger partial charge >= 0.3 is 5.97 Å². The Hall–Kier alpha value is -2.30. The molecule has 0 saturated heterocycles. The number of carbonyl (C=O) groups is 2. The first-order valence-electron chi connectivity index (χ1n) is 9.44. The first kappa shape index (κ1) is 22.0. The molecule has 152 valence electrons. The molecule has 0 bridgehead atoms. The molecule has 0 aromatic heterocycles. The van der Waals surface area contributed by atoms with Crippen molar-refractivity contribution in [2.24, 2.45) is 0 Å². The van der Waals surface area contributed by atoms with Gasteiger partial charge in [-0.15, -0.1) is 5.54 Å². The van der Waals surface area contributed by atoms with Crippen molar-refractivity contribution in [3.05, 3.63) is 23.3 Å². The normalized spacial score (nSPS) is 16.0. The summed E-state index contributed by atoms with van der Waals surface area (Å²) in [5.74, 6) is 3.09. The Morgan fingerprint density at radius 3 is 2.57 bits per heavy atom. The highest BCUT2D eigenvalue weighted by Gasteiger charge is 2.33. The van der Waals surface area contributed by atoms with Crippen molar-refractivity contribution in [3.63, 3.8) is 0 Å². The molecule has 0 unspecified atom stereocenters. The van der Waals surface area contributed by atoms with Crippen LogP contribution < -0.4 is 9.64 Å². The SMILES string of the molecule is COCCCCN1C(=O)[C@@H](C)Oc2cc(C#C[Si](C)(C)C)c(C(=O)OC)cc21. The predicted molar refractivity (Wildman–Crippen MR) is 112 cm³/mol. The Bertz CT molecular complexity index is 803. The Balaban J connectivity index is 2.49. The maximum atomic E-state index is 12.7. The molecule has 6 nitrogen and oxygen atoms in total. The van der Waals surface area contributed by atoms with E-state index in [2.05, 4.69) is 31.1 Å². The zero-order valence-electron chi connectivity index (χ0n) is 17.5. The van der Waals surface area contributed by atoms with Gasteiger partial charge in [0.2, 0.25) is 0 Å². The molecule has 1 amide bonds. The minimum absolute atomic E-state index is 0.123. The van der Waals surface area contributed by atoms with Crippen LogP contribution in [0, 0.1) is 11.5 Å². The number of benzene rings is 1. The van der Waals surface area contributed by atoms with Crippen molar-refractivity contribution in [2.45, 2.75) is 45.5 Å². The second-order valence-electron chi connectivity index (χ2n) is 7.81. The van der Waals surface area contributed by atoms with Crippen molar-refractivity contribution < 1.29 is 23.8 Å². The summed E-state index contributed by atoms with van der Waals surface area (Å²) in [4.78, 5) is 26.7. The Morgan fingerprint density at radius 1 is 1.25 bits per heavy atom. The van der Waals surface area contributed by atoms with Gasteiger partial charge in [0.1, 0.15) is 13.8 Å². The average Bonchev–Trinajstić information content (AvgIpc) is 2.64. The van der Waals surface area contributed by atoms with E-state index in [-0.39, 0.29) is 5.91 Å². The third-order valence-corrected chi connectivity index (χ3v) is 5.14. The number of hydrogen-bond donors (Lipinski definition) is 0. The molecule has 0 aliphatic carbocycles. The van der Waals surface area contributed by atoms with Gasteiger partial charge in [-0.1, -0.05) is 25.6 Å². The summed E-state index contributed by atoms with van der Waals surface area (Å²) in [6.07, 6.45) is 1.04. The van der Waals surface area contributed by atoms with Crippen LogP contribution in [0.2, 0.25) is 19.6 Å². The maximum Gasteiger partial charge on any atom is 0.339 e. The van der Waals surface area contributed by atoms with Crippen LogP contribution >= 0.6 is 0 Å². The molecule has 1 aromatic carbocycles. The Labute approximate surface area is 168 Å². The van der Waals surface area contributed by atoms with Crippen molar-refractivity contribution in [1.29, 1.82) is 0 Å². The number of esters is 1. The van der Waals surface area contributed by atoms with Gasteiger partial charge in [0.15, 0.2) is 6.10 Å². The number of anilines is 1. The molecule has 1 aliphatic heterocycles. The number of methoxy groups -OCH3 is 2. The number of ether oxygens (including phenoxy) is 3. The lowest BCUT2D eigenvalue weighted by molar-refractivity contribution is -0.125. The summed E-state index contributed by atoms with van der Waals surface area (Å²) >= 11 is 0. The van der Waals surface area contributed by atoms with E-state index >= 15 is 0 Å². The molecule has 0 spiro atoms. The highest BCUT2D eigenvalue weighted by molar-refractivity contribution is 6.83. The van der Waals surface area contributed by atoms with Crippen LogP contribution in [0.15, 0.2) is 12.1 Å². The lowest BCUT2D eigenvalue weighted by Crippen LogP contribution is -2.45. The van der Waals surface area contributed by atoms with Gasteiger partial charge in [0, 0.05) is 25.8 Å². The van der Waals surface area contributed by atoms with Gasteiger partial charge in [-0.25, -0.2) is 4.79 Å².